The Morgan fingerprint density at radius 3 is 1.66 bits per heavy atom. The van der Waals surface area contributed by atoms with Crippen molar-refractivity contribution in [2.24, 2.45) is 10.8 Å². The number of hydrogen-bond donors (Lipinski definition) is 12. The first-order valence-electron chi connectivity index (χ1n) is 31.3. The number of likely N-dealkylation sites (N-methyl/N-ethyl adjacent to an activating group) is 2. The first-order chi connectivity index (χ1) is 43.1. The standard InChI is InChI=1S/C67H94N12O12/c1-40(68-9)57(81)76-55(66(3,4)5)62(86)72-49-22-12-11-13-23-50(64(88)89)73-60(84)52(36-42-24-26-44-18-14-16-20-46(44)34-42)71-38-48-39-78(32-33-79(48)63(87)56(67(6,7)8)77-58(82)41(2)69-10)31-30-70-54(80)29-28-51(65(90)91)74-61(85)53(75-59(49)83)37-43-25-27-45-19-15-17-21-47(45)35-43/h11-12,14-21,24-27,34-35,40-41,48-53,55-56,68-69,71H,13,22-23,28-33,36-39H2,1-10H3,(H,70,80)(H,72,86)(H,73,84)(H,74,85)(H,75,83)(H,76,81)(H,77,82)(H,88,89)(H,90,91). The van der Waals surface area contributed by atoms with Crippen LogP contribution >= 0.6 is 0 Å². The molecule has 0 spiro atoms. The molecule has 91 heavy (non-hydrogen) atoms. The Kier molecular flexibility index (Phi) is 26.1. The molecular formula is C67H94N12O12. The SMILES string of the molecule is CNC(C)C(=O)NC(C(=O)NC1CC=CCCC(C(=O)O)NC(=O)C(Cc2ccc3ccccc3c2)NCC2CN(CCNC(=O)CCC(C(=O)O)NC(=O)C(Cc3ccc4ccccc4c3)NC1=O)CCN2C(=O)C(NC(=O)C(C)NC)C(C)(C)C)C(C)(C)C. The van der Waals surface area contributed by atoms with Crippen LogP contribution < -0.4 is 53.2 Å². The van der Waals surface area contributed by atoms with Crippen LogP contribution in [0.3, 0.4) is 0 Å². The van der Waals surface area contributed by atoms with E-state index < -0.39 is 119 Å². The summed E-state index contributed by atoms with van der Waals surface area (Å²) in [6, 6.07) is 15.5. The van der Waals surface area contributed by atoms with Gasteiger partial charge in [0, 0.05) is 52.1 Å². The van der Waals surface area contributed by atoms with Crippen LogP contribution in [0.1, 0.15) is 98.6 Å². The van der Waals surface area contributed by atoms with Gasteiger partial charge in [-0.1, -0.05) is 139 Å². The summed E-state index contributed by atoms with van der Waals surface area (Å²) in [6.45, 7) is 15.3. The maximum absolute atomic E-state index is 14.9. The molecule has 2 heterocycles. The molecule has 2 aliphatic heterocycles. The molecule has 24 heteroatoms. The fourth-order valence-corrected chi connectivity index (χ4v) is 11.0. The number of carbonyl (C=O) groups is 10. The molecule has 2 aliphatic rings. The van der Waals surface area contributed by atoms with Crippen LogP contribution in [0.4, 0.5) is 0 Å². The normalized spacial score (nSPS) is 22.9. The molecule has 8 amide bonds. The predicted molar refractivity (Wildman–Crippen MR) is 347 cm³/mol. The van der Waals surface area contributed by atoms with Gasteiger partial charge in [0.15, 0.2) is 0 Å². The van der Waals surface area contributed by atoms with Crippen LogP contribution in [0.2, 0.25) is 0 Å². The van der Waals surface area contributed by atoms with E-state index in [0.717, 1.165) is 27.1 Å². The van der Waals surface area contributed by atoms with Crippen molar-refractivity contribution in [3.05, 3.63) is 108 Å². The highest BCUT2D eigenvalue weighted by molar-refractivity contribution is 5.97. The summed E-state index contributed by atoms with van der Waals surface area (Å²) in [4.78, 5) is 143. The zero-order valence-corrected chi connectivity index (χ0v) is 54.1. The molecule has 6 rings (SSSR count). The topological polar surface area (TPSA) is 338 Å². The van der Waals surface area contributed by atoms with Crippen LogP contribution in [0.25, 0.3) is 21.5 Å². The van der Waals surface area contributed by atoms with Crippen molar-refractivity contribution in [2.45, 2.75) is 161 Å². The zero-order chi connectivity index (χ0) is 66.7. The summed E-state index contributed by atoms with van der Waals surface area (Å²) in [7, 11) is 3.23. The lowest BCUT2D eigenvalue weighted by Gasteiger charge is -2.45. The van der Waals surface area contributed by atoms with E-state index in [9.17, 15) is 58.2 Å². The molecule has 24 nitrogen and oxygen atoms in total. The highest BCUT2D eigenvalue weighted by atomic mass is 16.4. The molecule has 12 N–H and O–H groups in total. The molecule has 0 radical (unpaired) electrons. The van der Waals surface area contributed by atoms with Crippen molar-refractivity contribution in [3.8, 4) is 0 Å². The first kappa shape index (κ1) is 71.8. The van der Waals surface area contributed by atoms with Crippen molar-refractivity contribution in [1.82, 2.24) is 63.0 Å². The van der Waals surface area contributed by atoms with Gasteiger partial charge in [0.25, 0.3) is 0 Å². The number of carbonyl (C=O) groups excluding carboxylic acids is 8. The average molecular weight is 1260 g/mol. The third-order valence-electron chi connectivity index (χ3n) is 16.8. The Morgan fingerprint density at radius 2 is 1.12 bits per heavy atom. The maximum Gasteiger partial charge on any atom is 0.326 e. The van der Waals surface area contributed by atoms with Gasteiger partial charge in [-0.3, -0.25) is 43.3 Å². The van der Waals surface area contributed by atoms with Gasteiger partial charge in [0.1, 0.15) is 36.3 Å². The second kappa shape index (κ2) is 33.1. The Bertz CT molecular complexity index is 3270. The van der Waals surface area contributed by atoms with Crippen molar-refractivity contribution in [2.75, 3.05) is 53.4 Å². The van der Waals surface area contributed by atoms with Crippen LogP contribution in [-0.4, -0.2) is 193 Å². The van der Waals surface area contributed by atoms with Crippen molar-refractivity contribution in [3.63, 3.8) is 0 Å². The number of aliphatic carboxylic acids is 2. The lowest BCUT2D eigenvalue weighted by molar-refractivity contribution is -0.144. The minimum Gasteiger partial charge on any atom is -0.480 e. The minimum absolute atomic E-state index is 0.0348. The summed E-state index contributed by atoms with van der Waals surface area (Å²) in [6.07, 6.45) is 2.20. The number of allylic oxidation sites excluding steroid dienone is 1. The summed E-state index contributed by atoms with van der Waals surface area (Å²) in [5.74, 6) is -7.57. The van der Waals surface area contributed by atoms with Gasteiger partial charge in [-0.2, -0.15) is 0 Å². The number of carboxylic acids is 2. The molecule has 0 aromatic heterocycles. The van der Waals surface area contributed by atoms with Crippen LogP contribution in [0.5, 0.6) is 0 Å². The predicted octanol–water partition coefficient (Wildman–Crippen LogP) is 2.27. The van der Waals surface area contributed by atoms with Gasteiger partial charge >= 0.3 is 11.9 Å². The Morgan fingerprint density at radius 1 is 0.604 bits per heavy atom. The molecule has 4 aromatic carbocycles. The fourth-order valence-electron chi connectivity index (χ4n) is 11.0. The smallest absolute Gasteiger partial charge is 0.326 e. The molecule has 0 saturated carbocycles. The number of benzene rings is 4. The van der Waals surface area contributed by atoms with E-state index in [2.05, 4.69) is 53.2 Å². The van der Waals surface area contributed by atoms with E-state index in [1.807, 2.05) is 105 Å². The maximum atomic E-state index is 14.9. The quantitative estimate of drug-likeness (QED) is 0.0760. The number of amides is 8. The molecule has 2 bridgehead atoms. The van der Waals surface area contributed by atoms with Crippen LogP contribution in [0, 0.1) is 10.8 Å². The van der Waals surface area contributed by atoms with Crippen molar-refractivity contribution in [1.29, 1.82) is 0 Å². The molecule has 1 fully saturated rings. The summed E-state index contributed by atoms with van der Waals surface area (Å²) >= 11 is 0. The molecule has 11 atom stereocenters. The lowest BCUT2D eigenvalue weighted by atomic mass is 9.85. The van der Waals surface area contributed by atoms with Gasteiger partial charge < -0.3 is 68.3 Å². The van der Waals surface area contributed by atoms with E-state index in [-0.39, 0.29) is 89.5 Å². The number of piperazine rings is 1. The van der Waals surface area contributed by atoms with Crippen LogP contribution in [0.15, 0.2) is 97.1 Å². The van der Waals surface area contributed by atoms with Crippen molar-refractivity contribution >= 4 is 80.7 Å². The van der Waals surface area contributed by atoms with E-state index in [0.29, 0.717) is 12.1 Å². The van der Waals surface area contributed by atoms with E-state index >= 15 is 0 Å². The van der Waals surface area contributed by atoms with Gasteiger partial charge in [0.05, 0.1) is 24.2 Å². The number of fused-ring (bicyclic) bond motifs is 4. The molecule has 494 valence electrons. The Balaban J connectivity index is 1.37. The first-order valence-corrected chi connectivity index (χ1v) is 31.3. The minimum atomic E-state index is -1.59. The molecule has 0 aliphatic carbocycles. The number of nitrogens with one attached hydrogen (secondary N) is 10. The highest BCUT2D eigenvalue weighted by Gasteiger charge is 2.42. The second-order valence-electron chi connectivity index (χ2n) is 25.9. The largest absolute Gasteiger partial charge is 0.480 e. The molecule has 11 unspecified atom stereocenters. The number of hydrogen-bond acceptors (Lipinski definition) is 14. The lowest BCUT2D eigenvalue weighted by Crippen LogP contribution is -2.65. The average Bonchev–Trinajstić information content (AvgIpc) is 1.08. The molecular weight excluding hydrogens is 1160 g/mol. The second-order valence-corrected chi connectivity index (χ2v) is 25.9. The monoisotopic (exact) mass is 1260 g/mol. The van der Waals surface area contributed by atoms with Crippen LogP contribution in [-0.2, 0) is 60.8 Å². The van der Waals surface area contributed by atoms with E-state index in [1.54, 1.807) is 71.8 Å². The highest BCUT2D eigenvalue weighted by Crippen LogP contribution is 2.26. The zero-order valence-electron chi connectivity index (χ0n) is 54.1. The molecule has 4 aromatic rings. The Labute approximate surface area is 533 Å². The summed E-state index contributed by atoms with van der Waals surface area (Å²) < 4.78 is 0. The Hall–Kier alpha value is -8.32. The van der Waals surface area contributed by atoms with Gasteiger partial charge in [-0.25, -0.2) is 9.59 Å². The number of rotatable bonds is 15. The van der Waals surface area contributed by atoms with Gasteiger partial charge in [-0.15, -0.1) is 0 Å². The van der Waals surface area contributed by atoms with Crippen molar-refractivity contribution < 1.29 is 58.2 Å². The number of carboxylic acid groups (broad SMARTS) is 2. The van der Waals surface area contributed by atoms with E-state index in [4.69, 9.17) is 0 Å². The third-order valence-corrected chi connectivity index (χ3v) is 16.8. The number of nitrogens with zero attached hydrogens (tertiary/aromatic N) is 2. The fraction of sp³-hybridized carbons (Fsp3) is 0.522. The summed E-state index contributed by atoms with van der Waals surface area (Å²) in [5, 5.41) is 53.4. The summed E-state index contributed by atoms with van der Waals surface area (Å²) in [5.41, 5.74) is -0.268. The van der Waals surface area contributed by atoms with Gasteiger partial charge in [-0.05, 0) is 104 Å². The molecule has 1 saturated heterocycles. The third kappa shape index (κ3) is 21.1. The van der Waals surface area contributed by atoms with E-state index in [1.165, 1.54) is 0 Å². The van der Waals surface area contributed by atoms with Gasteiger partial charge in [0.2, 0.25) is 47.3 Å².